The Morgan fingerprint density at radius 1 is 1.26 bits per heavy atom. The van der Waals surface area contributed by atoms with Gasteiger partial charge < -0.3 is 19.9 Å². The highest BCUT2D eigenvalue weighted by atomic mass is 16.6. The van der Waals surface area contributed by atoms with Gasteiger partial charge >= 0.3 is 5.97 Å². The van der Waals surface area contributed by atoms with Gasteiger partial charge in [0.05, 0.1) is 12.2 Å². The molecular weight excluding hydrogens is 246 g/mol. The third-order valence-electron chi connectivity index (χ3n) is 2.10. The average molecular weight is 267 g/mol. The number of anilines is 1. The number of nitrogen functional groups attached to an aromatic ring is 1. The Hall–Kier alpha value is -1.75. The minimum atomic E-state index is -0.431. The summed E-state index contributed by atoms with van der Waals surface area (Å²) in [6, 6.07) is 6.88. The van der Waals surface area contributed by atoms with Gasteiger partial charge in [0.25, 0.3) is 0 Å². The Bertz CT molecular complexity index is 412. The molecule has 0 aromatic heterocycles. The standard InChI is InChI=1S/C14H21NO4/c1-14(2,3)19-8-7-17-13(16)10-18-12-6-4-5-11(15)9-12/h4-6,9H,7-8,10,15H2,1-3H3. The molecule has 0 radical (unpaired) electrons. The fraction of sp³-hybridized carbons (Fsp3) is 0.500. The van der Waals surface area contributed by atoms with E-state index in [0.29, 0.717) is 18.0 Å². The lowest BCUT2D eigenvalue weighted by molar-refractivity contribution is -0.149. The van der Waals surface area contributed by atoms with Gasteiger partial charge in [-0.3, -0.25) is 0 Å². The summed E-state index contributed by atoms with van der Waals surface area (Å²) >= 11 is 0. The Morgan fingerprint density at radius 3 is 2.63 bits per heavy atom. The molecule has 0 saturated heterocycles. The fourth-order valence-corrected chi connectivity index (χ4v) is 1.29. The van der Waals surface area contributed by atoms with Crippen molar-refractivity contribution in [1.82, 2.24) is 0 Å². The second-order valence-corrected chi connectivity index (χ2v) is 5.04. The molecule has 0 fully saturated rings. The van der Waals surface area contributed by atoms with Gasteiger partial charge in [-0.15, -0.1) is 0 Å². The molecule has 19 heavy (non-hydrogen) atoms. The zero-order chi connectivity index (χ0) is 14.3. The van der Waals surface area contributed by atoms with Crippen molar-refractivity contribution in [2.75, 3.05) is 25.6 Å². The van der Waals surface area contributed by atoms with E-state index in [-0.39, 0.29) is 18.8 Å². The molecule has 0 amide bonds. The lowest BCUT2D eigenvalue weighted by Crippen LogP contribution is -2.24. The number of hydrogen-bond acceptors (Lipinski definition) is 5. The maximum absolute atomic E-state index is 11.4. The maximum Gasteiger partial charge on any atom is 0.344 e. The van der Waals surface area contributed by atoms with Crippen LogP contribution in [0, 0.1) is 0 Å². The summed E-state index contributed by atoms with van der Waals surface area (Å²) in [5, 5.41) is 0. The fourth-order valence-electron chi connectivity index (χ4n) is 1.29. The summed E-state index contributed by atoms with van der Waals surface area (Å²) in [5.74, 6) is 0.114. The Labute approximate surface area is 113 Å². The zero-order valence-electron chi connectivity index (χ0n) is 11.6. The first-order valence-electron chi connectivity index (χ1n) is 6.15. The molecule has 0 saturated carbocycles. The second-order valence-electron chi connectivity index (χ2n) is 5.04. The van der Waals surface area contributed by atoms with Crippen molar-refractivity contribution >= 4 is 11.7 Å². The van der Waals surface area contributed by atoms with E-state index in [1.54, 1.807) is 24.3 Å². The molecule has 106 valence electrons. The monoisotopic (exact) mass is 267 g/mol. The van der Waals surface area contributed by atoms with Crippen molar-refractivity contribution in [2.45, 2.75) is 26.4 Å². The number of rotatable bonds is 6. The van der Waals surface area contributed by atoms with Gasteiger partial charge in [-0.2, -0.15) is 0 Å². The van der Waals surface area contributed by atoms with Crippen LogP contribution in [0.2, 0.25) is 0 Å². The van der Waals surface area contributed by atoms with E-state index in [1.807, 2.05) is 20.8 Å². The number of hydrogen-bond donors (Lipinski definition) is 1. The zero-order valence-corrected chi connectivity index (χ0v) is 11.6. The van der Waals surface area contributed by atoms with Crippen LogP contribution in [0.4, 0.5) is 5.69 Å². The van der Waals surface area contributed by atoms with Crippen molar-refractivity contribution < 1.29 is 19.0 Å². The van der Waals surface area contributed by atoms with Crippen molar-refractivity contribution in [2.24, 2.45) is 0 Å². The van der Waals surface area contributed by atoms with E-state index in [4.69, 9.17) is 19.9 Å². The molecule has 5 nitrogen and oxygen atoms in total. The molecule has 1 rings (SSSR count). The highest BCUT2D eigenvalue weighted by Gasteiger charge is 2.10. The first-order chi connectivity index (χ1) is 8.87. The molecule has 0 unspecified atom stereocenters. The predicted molar refractivity (Wildman–Crippen MR) is 73.0 cm³/mol. The van der Waals surface area contributed by atoms with E-state index in [9.17, 15) is 4.79 Å². The maximum atomic E-state index is 11.4. The van der Waals surface area contributed by atoms with Crippen LogP contribution >= 0.6 is 0 Å². The van der Waals surface area contributed by atoms with Crippen molar-refractivity contribution in [3.63, 3.8) is 0 Å². The van der Waals surface area contributed by atoms with Gasteiger partial charge in [-0.1, -0.05) is 6.07 Å². The number of nitrogens with two attached hydrogens (primary N) is 1. The smallest absolute Gasteiger partial charge is 0.344 e. The van der Waals surface area contributed by atoms with Crippen LogP contribution in [0.15, 0.2) is 24.3 Å². The van der Waals surface area contributed by atoms with Gasteiger partial charge in [0.15, 0.2) is 6.61 Å². The van der Waals surface area contributed by atoms with Crippen LogP contribution in [0.25, 0.3) is 0 Å². The molecule has 0 heterocycles. The summed E-state index contributed by atoms with van der Waals surface area (Å²) in [7, 11) is 0. The number of carbonyl (C=O) groups excluding carboxylic acids is 1. The highest BCUT2D eigenvalue weighted by molar-refractivity contribution is 5.71. The molecule has 1 aromatic rings. The number of esters is 1. The van der Waals surface area contributed by atoms with Gasteiger partial charge in [-0.05, 0) is 32.9 Å². The van der Waals surface area contributed by atoms with E-state index < -0.39 is 5.97 Å². The molecule has 0 aliphatic rings. The molecule has 0 aliphatic carbocycles. The van der Waals surface area contributed by atoms with Gasteiger partial charge in [0, 0.05) is 11.8 Å². The summed E-state index contributed by atoms with van der Waals surface area (Å²) in [6.07, 6.45) is 0. The molecule has 5 heteroatoms. The van der Waals surface area contributed by atoms with Crippen LogP contribution in [0.3, 0.4) is 0 Å². The normalized spacial score (nSPS) is 11.1. The number of benzene rings is 1. The largest absolute Gasteiger partial charge is 0.482 e. The van der Waals surface area contributed by atoms with Crippen LogP contribution in [0.1, 0.15) is 20.8 Å². The Kier molecular flexibility index (Phi) is 5.63. The summed E-state index contributed by atoms with van der Waals surface area (Å²) in [4.78, 5) is 11.4. The second kappa shape index (κ2) is 6.99. The summed E-state index contributed by atoms with van der Waals surface area (Å²) in [5.41, 5.74) is 5.95. The van der Waals surface area contributed by atoms with Gasteiger partial charge in [0.2, 0.25) is 0 Å². The van der Waals surface area contributed by atoms with E-state index in [1.165, 1.54) is 0 Å². The van der Waals surface area contributed by atoms with E-state index in [2.05, 4.69) is 0 Å². The minimum Gasteiger partial charge on any atom is -0.482 e. The lowest BCUT2D eigenvalue weighted by atomic mass is 10.2. The lowest BCUT2D eigenvalue weighted by Gasteiger charge is -2.19. The van der Waals surface area contributed by atoms with E-state index >= 15 is 0 Å². The molecule has 2 N–H and O–H groups in total. The molecule has 0 atom stereocenters. The third kappa shape index (κ3) is 7.31. The quantitative estimate of drug-likeness (QED) is 0.485. The summed E-state index contributed by atoms with van der Waals surface area (Å²) in [6.45, 7) is 6.27. The van der Waals surface area contributed by atoms with Crippen molar-refractivity contribution in [3.8, 4) is 5.75 Å². The third-order valence-corrected chi connectivity index (χ3v) is 2.10. The van der Waals surface area contributed by atoms with Crippen LogP contribution in [-0.4, -0.2) is 31.4 Å². The average Bonchev–Trinajstić information content (AvgIpc) is 2.31. The molecule has 1 aromatic carbocycles. The first kappa shape index (κ1) is 15.3. The van der Waals surface area contributed by atoms with Gasteiger partial charge in [-0.25, -0.2) is 4.79 Å². The minimum absolute atomic E-state index is 0.140. The highest BCUT2D eigenvalue weighted by Crippen LogP contribution is 2.14. The van der Waals surface area contributed by atoms with Crippen LogP contribution in [-0.2, 0) is 14.3 Å². The Morgan fingerprint density at radius 2 is 2.00 bits per heavy atom. The van der Waals surface area contributed by atoms with E-state index in [0.717, 1.165) is 0 Å². The van der Waals surface area contributed by atoms with Gasteiger partial charge in [0.1, 0.15) is 12.4 Å². The number of ether oxygens (including phenoxy) is 3. The van der Waals surface area contributed by atoms with Crippen molar-refractivity contribution in [1.29, 1.82) is 0 Å². The molecule has 0 bridgehead atoms. The molecular formula is C14H21NO4. The first-order valence-corrected chi connectivity index (χ1v) is 6.15. The topological polar surface area (TPSA) is 70.8 Å². The SMILES string of the molecule is CC(C)(C)OCCOC(=O)COc1cccc(N)c1. The molecule has 0 aliphatic heterocycles. The molecule has 0 spiro atoms. The summed E-state index contributed by atoms with van der Waals surface area (Å²) < 4.78 is 15.6. The van der Waals surface area contributed by atoms with Crippen LogP contribution in [0.5, 0.6) is 5.75 Å². The Balaban J connectivity index is 2.18. The van der Waals surface area contributed by atoms with Crippen LogP contribution < -0.4 is 10.5 Å². The predicted octanol–water partition coefficient (Wildman–Crippen LogP) is 2.01. The van der Waals surface area contributed by atoms with Crippen molar-refractivity contribution in [3.05, 3.63) is 24.3 Å². The number of carbonyl (C=O) groups is 1.